The number of aromatic hydroxyl groups is 1. The molecule has 1 saturated heterocycles. The molecule has 0 bridgehead atoms. The van der Waals surface area contributed by atoms with Crippen LogP contribution in [0.1, 0.15) is 12.8 Å². The first-order valence-corrected chi connectivity index (χ1v) is 9.62. The second-order valence-electron chi connectivity index (χ2n) is 6.99. The number of methoxy groups -OCH3 is 1. The van der Waals surface area contributed by atoms with Crippen molar-refractivity contribution < 1.29 is 19.7 Å². The van der Waals surface area contributed by atoms with E-state index in [-0.39, 0.29) is 11.8 Å². The van der Waals surface area contributed by atoms with Crippen LogP contribution in [0, 0.1) is 0 Å². The molecule has 3 heterocycles. The Labute approximate surface area is 172 Å². The van der Waals surface area contributed by atoms with Gasteiger partial charge in [-0.25, -0.2) is 9.78 Å². The minimum Gasteiger partial charge on any atom is -0.507 e. The van der Waals surface area contributed by atoms with Gasteiger partial charge in [-0.3, -0.25) is 0 Å². The number of nitrogens with one attached hydrogen (secondary N) is 1. The van der Waals surface area contributed by atoms with Gasteiger partial charge in [-0.05, 0) is 25.0 Å². The second-order valence-corrected chi connectivity index (χ2v) is 7.40. The number of fused-ring (bicyclic) bond motifs is 1. The van der Waals surface area contributed by atoms with Crippen LogP contribution >= 0.6 is 11.6 Å². The Morgan fingerprint density at radius 1 is 1.31 bits per heavy atom. The number of pyridine rings is 1. The molecule has 3 N–H and O–H groups in total. The number of rotatable bonds is 4. The predicted molar refractivity (Wildman–Crippen MR) is 110 cm³/mol. The highest BCUT2D eigenvalue weighted by molar-refractivity contribution is 6.32. The van der Waals surface area contributed by atoms with Crippen molar-refractivity contribution in [2.24, 2.45) is 0 Å². The molecule has 2 aromatic heterocycles. The Balaban J connectivity index is 1.58. The minimum absolute atomic E-state index is 0.00620. The molecule has 3 aromatic rings. The molecule has 1 aliphatic heterocycles. The van der Waals surface area contributed by atoms with E-state index in [4.69, 9.17) is 21.4 Å². The Hall–Kier alpha value is -3.13. The van der Waals surface area contributed by atoms with Gasteiger partial charge in [0.2, 0.25) is 0 Å². The summed E-state index contributed by atoms with van der Waals surface area (Å²) >= 11 is 6.20. The molecule has 0 aliphatic carbocycles. The lowest BCUT2D eigenvalue weighted by Gasteiger charge is -2.33. The fraction of sp³-hybridized carbons (Fsp3) is 0.300. The van der Waals surface area contributed by atoms with Crippen LogP contribution in [0.25, 0.3) is 16.9 Å². The quantitative estimate of drug-likeness (QED) is 0.601. The first-order valence-electron chi connectivity index (χ1n) is 9.24. The highest BCUT2D eigenvalue weighted by atomic mass is 35.5. The largest absolute Gasteiger partial charge is 0.507 e. The van der Waals surface area contributed by atoms with Crippen molar-refractivity contribution in [1.29, 1.82) is 0 Å². The molecular weight excluding hydrogens is 396 g/mol. The van der Waals surface area contributed by atoms with E-state index in [1.807, 2.05) is 28.9 Å². The van der Waals surface area contributed by atoms with Crippen LogP contribution in [0.15, 0.2) is 36.7 Å². The number of ether oxygens (including phenoxy) is 1. The molecule has 1 fully saturated rings. The summed E-state index contributed by atoms with van der Waals surface area (Å²) in [4.78, 5) is 17.7. The minimum atomic E-state index is -0.975. The van der Waals surface area contributed by atoms with Crippen molar-refractivity contribution in [2.45, 2.75) is 18.9 Å². The van der Waals surface area contributed by atoms with Gasteiger partial charge in [0.1, 0.15) is 17.1 Å². The maximum absolute atomic E-state index is 10.8. The summed E-state index contributed by atoms with van der Waals surface area (Å²) in [5, 5.41) is 22.1. The zero-order valence-electron chi connectivity index (χ0n) is 15.8. The molecule has 8 nitrogen and oxygen atoms in total. The Bertz CT molecular complexity index is 1060. The maximum Gasteiger partial charge on any atom is 0.404 e. The second kappa shape index (κ2) is 7.71. The van der Waals surface area contributed by atoms with E-state index in [1.54, 1.807) is 6.07 Å². The van der Waals surface area contributed by atoms with Crippen LogP contribution in [0.4, 0.5) is 10.5 Å². The van der Waals surface area contributed by atoms with Gasteiger partial charge in [0.25, 0.3) is 0 Å². The van der Waals surface area contributed by atoms with Gasteiger partial charge < -0.3 is 29.6 Å². The summed E-state index contributed by atoms with van der Waals surface area (Å²) in [6.07, 6.45) is 4.30. The predicted octanol–water partition coefficient (Wildman–Crippen LogP) is 3.61. The summed E-state index contributed by atoms with van der Waals surface area (Å²) < 4.78 is 7.01. The first-order chi connectivity index (χ1) is 13.9. The summed E-state index contributed by atoms with van der Waals surface area (Å²) in [5.74, 6) is 0.447. The standard InChI is InChI=1S/C20H21ClN4O4/c1-29-18-10-17(26)14(9-15(18)21)16-11-25-7-4-13(8-19(25)23-16)24-5-2-12(3-6-24)22-20(27)28/h4,7-12,22,26H,2-3,5-6H2,1H3,(H,27,28). The van der Waals surface area contributed by atoms with Crippen molar-refractivity contribution in [3.63, 3.8) is 0 Å². The number of halogens is 1. The number of amides is 1. The fourth-order valence-corrected chi connectivity index (χ4v) is 3.90. The molecule has 4 rings (SSSR count). The Morgan fingerprint density at radius 2 is 2.07 bits per heavy atom. The number of aromatic nitrogens is 2. The molecule has 9 heteroatoms. The normalized spacial score (nSPS) is 14.9. The van der Waals surface area contributed by atoms with E-state index >= 15 is 0 Å². The summed E-state index contributed by atoms with van der Waals surface area (Å²) in [5.41, 5.74) is 2.91. The third-order valence-electron chi connectivity index (χ3n) is 5.18. The summed E-state index contributed by atoms with van der Waals surface area (Å²) in [6, 6.07) is 7.09. The van der Waals surface area contributed by atoms with Gasteiger partial charge in [-0.2, -0.15) is 0 Å². The van der Waals surface area contributed by atoms with Crippen molar-refractivity contribution in [3.05, 3.63) is 41.7 Å². The van der Waals surface area contributed by atoms with Gasteiger partial charge in [0, 0.05) is 54.9 Å². The van der Waals surface area contributed by atoms with Crippen LogP contribution in [0.3, 0.4) is 0 Å². The number of carbonyl (C=O) groups is 1. The summed E-state index contributed by atoms with van der Waals surface area (Å²) in [6.45, 7) is 1.53. The van der Waals surface area contributed by atoms with Gasteiger partial charge in [-0.1, -0.05) is 11.6 Å². The van der Waals surface area contributed by atoms with Crippen molar-refractivity contribution in [1.82, 2.24) is 14.7 Å². The molecule has 0 radical (unpaired) electrons. The van der Waals surface area contributed by atoms with Crippen LogP contribution in [0.2, 0.25) is 5.02 Å². The molecule has 152 valence electrons. The Morgan fingerprint density at radius 3 is 2.76 bits per heavy atom. The molecule has 0 atom stereocenters. The van der Waals surface area contributed by atoms with Gasteiger partial charge in [-0.15, -0.1) is 0 Å². The maximum atomic E-state index is 10.8. The zero-order valence-corrected chi connectivity index (χ0v) is 16.6. The average molecular weight is 417 g/mol. The number of piperidine rings is 1. The molecule has 29 heavy (non-hydrogen) atoms. The van der Waals surface area contributed by atoms with E-state index in [2.05, 4.69) is 15.2 Å². The van der Waals surface area contributed by atoms with Gasteiger partial charge in [0.15, 0.2) is 0 Å². The Kier molecular flexibility index (Phi) is 5.10. The van der Waals surface area contributed by atoms with E-state index in [1.165, 1.54) is 13.2 Å². The number of carboxylic acid groups (broad SMARTS) is 1. The third kappa shape index (κ3) is 3.88. The molecule has 0 spiro atoms. The fourth-order valence-electron chi connectivity index (χ4n) is 3.66. The van der Waals surface area contributed by atoms with E-state index < -0.39 is 6.09 Å². The van der Waals surface area contributed by atoms with Crippen molar-refractivity contribution in [2.75, 3.05) is 25.1 Å². The molecule has 1 aliphatic rings. The highest BCUT2D eigenvalue weighted by Crippen LogP contribution is 2.37. The lowest BCUT2D eigenvalue weighted by atomic mass is 10.0. The van der Waals surface area contributed by atoms with Gasteiger partial charge in [0.05, 0.1) is 17.8 Å². The highest BCUT2D eigenvalue weighted by Gasteiger charge is 2.21. The van der Waals surface area contributed by atoms with E-state index in [9.17, 15) is 9.90 Å². The van der Waals surface area contributed by atoms with Crippen LogP contribution in [-0.4, -0.2) is 51.9 Å². The van der Waals surface area contributed by atoms with E-state index in [0.717, 1.165) is 37.3 Å². The zero-order chi connectivity index (χ0) is 20.5. The monoisotopic (exact) mass is 416 g/mol. The van der Waals surface area contributed by atoms with Crippen LogP contribution in [-0.2, 0) is 0 Å². The topological polar surface area (TPSA) is 99.3 Å². The van der Waals surface area contributed by atoms with Gasteiger partial charge >= 0.3 is 6.09 Å². The number of imidazole rings is 1. The number of nitrogens with zero attached hydrogens (tertiary/aromatic N) is 3. The lowest BCUT2D eigenvalue weighted by molar-refractivity contribution is 0.187. The number of phenolic OH excluding ortho intramolecular Hbond substituents is 1. The number of hydrogen-bond acceptors (Lipinski definition) is 5. The number of benzene rings is 1. The SMILES string of the molecule is COc1cc(O)c(-c2cn3ccc(N4CCC(NC(=O)O)CC4)cc3n2)cc1Cl. The third-order valence-corrected chi connectivity index (χ3v) is 5.47. The average Bonchev–Trinajstić information content (AvgIpc) is 3.12. The number of phenols is 1. The molecule has 1 aromatic carbocycles. The first kappa shape index (κ1) is 19.2. The van der Waals surface area contributed by atoms with Crippen molar-refractivity contribution >= 4 is 29.0 Å². The molecule has 1 amide bonds. The molecular formula is C20H21ClN4O4. The van der Waals surface area contributed by atoms with Crippen LogP contribution in [0.5, 0.6) is 11.5 Å². The molecule has 0 saturated carbocycles. The van der Waals surface area contributed by atoms with Crippen LogP contribution < -0.4 is 15.0 Å². The van der Waals surface area contributed by atoms with Crippen molar-refractivity contribution in [3.8, 4) is 22.8 Å². The molecule has 0 unspecified atom stereocenters. The number of anilines is 1. The summed E-state index contributed by atoms with van der Waals surface area (Å²) in [7, 11) is 1.49. The smallest absolute Gasteiger partial charge is 0.404 e. The van der Waals surface area contributed by atoms with E-state index in [0.29, 0.717) is 22.0 Å². The lowest BCUT2D eigenvalue weighted by Crippen LogP contribution is -2.44. The number of hydrogen-bond donors (Lipinski definition) is 3.